The Balaban J connectivity index is 1.19. The van der Waals surface area contributed by atoms with E-state index in [-0.39, 0.29) is 24.3 Å². The average Bonchev–Trinajstić information content (AvgIpc) is 3.02. The van der Waals surface area contributed by atoms with Gasteiger partial charge in [0, 0.05) is 11.1 Å². The Labute approximate surface area is 270 Å². The van der Waals surface area contributed by atoms with Crippen LogP contribution in [0.5, 0.6) is 5.75 Å². The Morgan fingerprint density at radius 3 is 1.90 bits per heavy atom. The predicted molar refractivity (Wildman–Crippen MR) is 157 cm³/mol. The molecule has 4 nitrogen and oxygen atoms in total. The Bertz CT molecular complexity index is 1690. The van der Waals surface area contributed by atoms with Gasteiger partial charge in [-0.05, 0) is 65.4 Å². The molecule has 5 rings (SSSR count). The summed E-state index contributed by atoms with van der Waals surface area (Å²) in [4.78, 5) is 0. The van der Waals surface area contributed by atoms with Gasteiger partial charge in [0.1, 0.15) is 17.7 Å². The van der Waals surface area contributed by atoms with E-state index in [9.17, 15) is 35.1 Å². The Hall–Kier alpha value is -4.07. The van der Waals surface area contributed by atoms with E-state index in [4.69, 9.17) is 14.2 Å². The molecule has 1 aliphatic rings. The minimum absolute atomic E-state index is 0.264. The predicted octanol–water partition coefficient (Wildman–Crippen LogP) is 10.4. The Kier molecular flexibility index (Phi) is 10.7. The van der Waals surface area contributed by atoms with Crippen molar-refractivity contribution in [1.82, 2.24) is 0 Å². The first-order chi connectivity index (χ1) is 22.7. The Morgan fingerprint density at radius 2 is 1.31 bits per heavy atom. The molecule has 0 aliphatic carbocycles. The first kappa shape index (κ1) is 35.2. The second kappa shape index (κ2) is 14.6. The van der Waals surface area contributed by atoms with Crippen LogP contribution in [-0.2, 0) is 26.7 Å². The standard InChI is InChI=1S/C35H29F9O4/c1-2-3-4-5-20-6-13-27(29(37)14-20)34(40,41)47-25-18-45-33(46-19-25)22-9-7-21(8-10-22)23-11-12-26(28(36)15-23)24-16-30(38)32(31(39)17-24)48-35(42,43)44/h6-17,25,33H,2-5,18-19H2,1H3. The van der Waals surface area contributed by atoms with Crippen molar-refractivity contribution in [2.75, 3.05) is 13.2 Å². The molecule has 0 radical (unpaired) electrons. The lowest BCUT2D eigenvalue weighted by molar-refractivity contribution is -0.321. The molecule has 0 N–H and O–H groups in total. The van der Waals surface area contributed by atoms with Gasteiger partial charge in [-0.3, -0.25) is 0 Å². The minimum Gasteiger partial charge on any atom is -0.399 e. The van der Waals surface area contributed by atoms with E-state index in [0.717, 1.165) is 37.5 Å². The molecule has 0 atom stereocenters. The normalized spacial score (nSPS) is 17.0. The van der Waals surface area contributed by atoms with Crippen LogP contribution in [0.15, 0.2) is 72.8 Å². The highest BCUT2D eigenvalue weighted by Gasteiger charge is 2.40. The van der Waals surface area contributed by atoms with Crippen LogP contribution in [0.3, 0.4) is 0 Å². The molecule has 0 bridgehead atoms. The highest BCUT2D eigenvalue weighted by atomic mass is 19.4. The summed E-state index contributed by atoms with van der Waals surface area (Å²) in [6, 6.07) is 14.8. The molecule has 1 fully saturated rings. The van der Waals surface area contributed by atoms with Crippen LogP contribution in [0.25, 0.3) is 22.3 Å². The molecule has 0 amide bonds. The molecule has 0 spiro atoms. The third kappa shape index (κ3) is 8.50. The third-order valence-corrected chi connectivity index (χ3v) is 7.61. The SMILES string of the molecule is CCCCCc1ccc(C(F)(F)OC2COC(c3ccc(-c4ccc(-c5cc(F)c(OC(F)(F)F)c(F)c5)c(F)c4)cc3)OC2)c(F)c1. The first-order valence-electron chi connectivity index (χ1n) is 15.0. The molecule has 1 aliphatic heterocycles. The number of halogens is 9. The van der Waals surface area contributed by atoms with Crippen molar-refractivity contribution in [2.45, 2.75) is 57.5 Å². The number of benzene rings is 4. The summed E-state index contributed by atoms with van der Waals surface area (Å²) in [7, 11) is 0. The molecule has 13 heteroatoms. The molecule has 0 aromatic heterocycles. The molecule has 256 valence electrons. The van der Waals surface area contributed by atoms with Gasteiger partial charge in [0.25, 0.3) is 0 Å². The monoisotopic (exact) mass is 684 g/mol. The van der Waals surface area contributed by atoms with Crippen LogP contribution in [0.2, 0.25) is 0 Å². The highest BCUT2D eigenvalue weighted by molar-refractivity contribution is 5.71. The number of hydrogen-bond acceptors (Lipinski definition) is 4. The van der Waals surface area contributed by atoms with E-state index >= 15 is 4.39 Å². The fourth-order valence-electron chi connectivity index (χ4n) is 5.24. The van der Waals surface area contributed by atoms with Crippen molar-refractivity contribution in [3.05, 3.63) is 113 Å². The van der Waals surface area contributed by atoms with Crippen LogP contribution in [0.1, 0.15) is 49.2 Å². The Morgan fingerprint density at radius 1 is 0.688 bits per heavy atom. The molecule has 4 aromatic rings. The lowest BCUT2D eigenvalue weighted by atomic mass is 9.98. The van der Waals surface area contributed by atoms with Crippen molar-refractivity contribution in [3.63, 3.8) is 0 Å². The van der Waals surface area contributed by atoms with Crippen molar-refractivity contribution in [2.24, 2.45) is 0 Å². The van der Waals surface area contributed by atoms with Gasteiger partial charge in [-0.15, -0.1) is 13.2 Å². The minimum atomic E-state index is -5.32. The van der Waals surface area contributed by atoms with E-state index in [1.807, 2.05) is 6.92 Å². The average molecular weight is 685 g/mol. The third-order valence-electron chi connectivity index (χ3n) is 7.61. The zero-order valence-corrected chi connectivity index (χ0v) is 25.4. The number of aryl methyl sites for hydroxylation is 1. The quantitative estimate of drug-likeness (QED) is 0.116. The molecule has 0 saturated carbocycles. The van der Waals surface area contributed by atoms with Gasteiger partial charge in [-0.1, -0.05) is 62.2 Å². The maximum Gasteiger partial charge on any atom is 0.573 e. The van der Waals surface area contributed by atoms with Crippen LogP contribution in [-0.4, -0.2) is 25.7 Å². The molecular formula is C35H29F9O4. The molecule has 4 aromatic carbocycles. The smallest absolute Gasteiger partial charge is 0.399 e. The van der Waals surface area contributed by atoms with Gasteiger partial charge in [0.05, 0.1) is 18.8 Å². The van der Waals surface area contributed by atoms with Gasteiger partial charge < -0.3 is 18.9 Å². The molecular weight excluding hydrogens is 655 g/mol. The van der Waals surface area contributed by atoms with Crippen LogP contribution in [0.4, 0.5) is 39.5 Å². The van der Waals surface area contributed by atoms with E-state index in [2.05, 4.69) is 4.74 Å². The van der Waals surface area contributed by atoms with Crippen molar-refractivity contribution < 1.29 is 58.5 Å². The fourth-order valence-corrected chi connectivity index (χ4v) is 5.24. The number of hydrogen-bond donors (Lipinski definition) is 0. The number of alkyl halides is 5. The van der Waals surface area contributed by atoms with E-state index < -0.39 is 59.4 Å². The summed E-state index contributed by atoms with van der Waals surface area (Å²) < 4.78 is 144. The molecule has 48 heavy (non-hydrogen) atoms. The summed E-state index contributed by atoms with van der Waals surface area (Å²) in [5.41, 5.74) is 0.538. The summed E-state index contributed by atoms with van der Waals surface area (Å²) in [5, 5.41) is 0. The van der Waals surface area contributed by atoms with E-state index in [1.165, 1.54) is 18.2 Å². The van der Waals surface area contributed by atoms with Crippen LogP contribution in [0, 0.1) is 23.3 Å². The second-order valence-corrected chi connectivity index (χ2v) is 11.2. The lowest BCUT2D eigenvalue weighted by Gasteiger charge is -2.32. The maximum atomic E-state index is 15.0. The number of rotatable bonds is 11. The van der Waals surface area contributed by atoms with Crippen molar-refractivity contribution in [3.8, 4) is 28.0 Å². The zero-order chi connectivity index (χ0) is 34.6. The van der Waals surface area contributed by atoms with Gasteiger partial charge >= 0.3 is 12.5 Å². The van der Waals surface area contributed by atoms with Gasteiger partial charge in [0.2, 0.25) is 5.75 Å². The first-order valence-corrected chi connectivity index (χ1v) is 15.0. The van der Waals surface area contributed by atoms with Crippen molar-refractivity contribution in [1.29, 1.82) is 0 Å². The largest absolute Gasteiger partial charge is 0.573 e. The summed E-state index contributed by atoms with van der Waals surface area (Å²) >= 11 is 0. The number of ether oxygens (including phenoxy) is 4. The van der Waals surface area contributed by atoms with Crippen LogP contribution < -0.4 is 4.74 Å². The van der Waals surface area contributed by atoms with Gasteiger partial charge in [-0.25, -0.2) is 17.6 Å². The second-order valence-electron chi connectivity index (χ2n) is 11.2. The summed E-state index contributed by atoms with van der Waals surface area (Å²) in [5.74, 6) is -6.92. The number of unbranched alkanes of at least 4 members (excludes halogenated alkanes) is 2. The highest BCUT2D eigenvalue weighted by Crippen LogP contribution is 2.37. The molecule has 1 saturated heterocycles. The lowest BCUT2D eigenvalue weighted by Crippen LogP contribution is -2.38. The zero-order valence-electron chi connectivity index (χ0n) is 25.4. The van der Waals surface area contributed by atoms with Gasteiger partial charge in [-0.2, -0.15) is 8.78 Å². The van der Waals surface area contributed by atoms with E-state index in [0.29, 0.717) is 40.8 Å². The van der Waals surface area contributed by atoms with Crippen LogP contribution >= 0.6 is 0 Å². The van der Waals surface area contributed by atoms with Crippen molar-refractivity contribution >= 4 is 0 Å². The van der Waals surface area contributed by atoms with E-state index in [1.54, 1.807) is 24.3 Å². The summed E-state index contributed by atoms with van der Waals surface area (Å²) in [6.07, 6.45) is -8.01. The topological polar surface area (TPSA) is 36.9 Å². The maximum absolute atomic E-state index is 15.0. The molecule has 1 heterocycles. The fraction of sp³-hybridized carbons (Fsp3) is 0.314. The molecule has 0 unspecified atom stereocenters. The van der Waals surface area contributed by atoms with Gasteiger partial charge in [0.15, 0.2) is 17.9 Å². The summed E-state index contributed by atoms with van der Waals surface area (Å²) in [6.45, 7) is 1.49.